The molecule has 0 fully saturated rings. The van der Waals surface area contributed by atoms with Crippen molar-refractivity contribution in [2.45, 2.75) is 38.3 Å². The van der Waals surface area contributed by atoms with Crippen LogP contribution in [-0.4, -0.2) is 75.9 Å². The van der Waals surface area contributed by atoms with Crippen LogP contribution in [0, 0.1) is 0 Å². The molecule has 7 heteroatoms. The van der Waals surface area contributed by atoms with Gasteiger partial charge < -0.3 is 35.6 Å². The molecule has 0 spiro atoms. The largest absolute Gasteiger partial charge is 0.394 e. The summed E-state index contributed by atoms with van der Waals surface area (Å²) >= 11 is 0. The van der Waals surface area contributed by atoms with E-state index in [-0.39, 0.29) is 12.3 Å². The van der Waals surface area contributed by atoms with Crippen LogP contribution in [0.2, 0.25) is 0 Å². The molecule has 0 aliphatic heterocycles. The predicted octanol–water partition coefficient (Wildman–Crippen LogP) is -2.76. The summed E-state index contributed by atoms with van der Waals surface area (Å²) in [5, 5.41) is 47.5. The fraction of sp³-hybridized carbons (Fsp3) is 0.900. The third-order valence-electron chi connectivity index (χ3n) is 1.74. The van der Waals surface area contributed by atoms with Gasteiger partial charge >= 0.3 is 0 Å². The highest BCUT2D eigenvalue weighted by Gasteiger charge is 2.29. The minimum absolute atomic E-state index is 0.0936. The standard InChI is InChI=1S/C7H17NO5.C3H6O/c1-8-2-4(10)6(12)7(13)5(11)3-9;1-3(2)4/h4-13H,2-3H2,1H3;1-2H3/t4-,5+,6+,7+;/m0./s1. The lowest BCUT2D eigenvalue weighted by molar-refractivity contribution is -0.115. The van der Waals surface area contributed by atoms with Crippen LogP contribution in [0.5, 0.6) is 0 Å². The summed E-state index contributed by atoms with van der Waals surface area (Å²) < 4.78 is 0. The molecule has 0 saturated carbocycles. The van der Waals surface area contributed by atoms with Crippen molar-refractivity contribution in [1.82, 2.24) is 5.32 Å². The average Bonchev–Trinajstić information content (AvgIpc) is 2.25. The molecule has 0 aromatic carbocycles. The first-order chi connectivity index (χ1) is 7.77. The maximum Gasteiger partial charge on any atom is 0.126 e. The molecule has 0 rings (SSSR count). The highest BCUT2D eigenvalue weighted by Crippen LogP contribution is 2.04. The smallest absolute Gasteiger partial charge is 0.126 e. The van der Waals surface area contributed by atoms with Crippen LogP contribution in [0.25, 0.3) is 0 Å². The number of hydrogen-bond acceptors (Lipinski definition) is 7. The van der Waals surface area contributed by atoms with E-state index in [4.69, 9.17) is 20.4 Å². The number of likely N-dealkylation sites (N-methyl/N-ethyl adjacent to an activating group) is 1. The fourth-order valence-corrected chi connectivity index (χ4v) is 0.893. The zero-order valence-electron chi connectivity index (χ0n) is 10.4. The van der Waals surface area contributed by atoms with Crippen LogP contribution in [0.1, 0.15) is 13.8 Å². The van der Waals surface area contributed by atoms with Gasteiger partial charge in [-0.3, -0.25) is 0 Å². The van der Waals surface area contributed by atoms with E-state index in [0.717, 1.165) is 0 Å². The molecular weight excluding hydrogens is 230 g/mol. The second-order valence-electron chi connectivity index (χ2n) is 3.76. The van der Waals surface area contributed by atoms with Gasteiger partial charge in [-0.15, -0.1) is 0 Å². The Labute approximate surface area is 101 Å². The van der Waals surface area contributed by atoms with E-state index >= 15 is 0 Å². The number of hydrogen-bond donors (Lipinski definition) is 6. The van der Waals surface area contributed by atoms with E-state index < -0.39 is 31.0 Å². The SMILES string of the molecule is CC(C)=O.CNC[C@H](O)[C@@H](O)[C@H](O)[C@H](O)CO. The summed E-state index contributed by atoms with van der Waals surface area (Å²) in [4.78, 5) is 9.44. The van der Waals surface area contributed by atoms with Gasteiger partial charge in [0, 0.05) is 6.54 Å². The number of carbonyl (C=O) groups excluding carboxylic acids is 1. The number of ketones is 1. The van der Waals surface area contributed by atoms with Crippen LogP contribution in [0.15, 0.2) is 0 Å². The number of nitrogens with one attached hydrogen (secondary N) is 1. The summed E-state index contributed by atoms with van der Waals surface area (Å²) in [7, 11) is 1.57. The van der Waals surface area contributed by atoms with Gasteiger partial charge in [-0.1, -0.05) is 0 Å². The van der Waals surface area contributed by atoms with E-state index in [1.165, 1.54) is 13.8 Å². The van der Waals surface area contributed by atoms with Crippen molar-refractivity contribution < 1.29 is 30.3 Å². The van der Waals surface area contributed by atoms with Gasteiger partial charge in [0.05, 0.1) is 12.7 Å². The van der Waals surface area contributed by atoms with Crippen molar-refractivity contribution in [1.29, 1.82) is 0 Å². The van der Waals surface area contributed by atoms with Gasteiger partial charge in [0.2, 0.25) is 0 Å². The zero-order chi connectivity index (χ0) is 14.0. The number of aliphatic hydroxyl groups excluding tert-OH is 5. The zero-order valence-corrected chi connectivity index (χ0v) is 10.4. The minimum Gasteiger partial charge on any atom is -0.394 e. The van der Waals surface area contributed by atoms with Gasteiger partial charge in [-0.2, -0.15) is 0 Å². The van der Waals surface area contributed by atoms with Crippen LogP contribution in [-0.2, 0) is 4.79 Å². The molecule has 0 saturated heterocycles. The van der Waals surface area contributed by atoms with Crippen molar-refractivity contribution in [2.24, 2.45) is 0 Å². The van der Waals surface area contributed by atoms with Crippen LogP contribution < -0.4 is 5.32 Å². The Hall–Kier alpha value is -0.570. The highest BCUT2D eigenvalue weighted by molar-refractivity contribution is 5.72. The Morgan fingerprint density at radius 1 is 1.06 bits per heavy atom. The maximum atomic E-state index is 9.44. The number of aliphatic hydroxyl groups is 5. The molecule has 0 aliphatic carbocycles. The molecule has 0 bridgehead atoms. The van der Waals surface area contributed by atoms with Gasteiger partial charge in [-0.25, -0.2) is 0 Å². The molecule has 104 valence electrons. The topological polar surface area (TPSA) is 130 Å². The Kier molecular flexibility index (Phi) is 11.7. The van der Waals surface area contributed by atoms with Crippen molar-refractivity contribution in [2.75, 3.05) is 20.2 Å². The summed E-state index contributed by atoms with van der Waals surface area (Å²) in [6, 6.07) is 0. The molecule has 0 unspecified atom stereocenters. The van der Waals surface area contributed by atoms with Gasteiger partial charge in [0.15, 0.2) is 0 Å². The lowest BCUT2D eigenvalue weighted by Crippen LogP contribution is -2.48. The maximum absolute atomic E-state index is 9.44. The van der Waals surface area contributed by atoms with Gasteiger partial charge in [0.1, 0.15) is 24.1 Å². The summed E-state index contributed by atoms with van der Waals surface area (Å²) in [6.07, 6.45) is -5.65. The summed E-state index contributed by atoms with van der Waals surface area (Å²) in [5.41, 5.74) is 0. The number of carbonyl (C=O) groups is 1. The molecule has 0 aromatic rings. The van der Waals surface area contributed by atoms with E-state index in [1.54, 1.807) is 7.05 Å². The molecule has 0 aromatic heterocycles. The van der Waals surface area contributed by atoms with Gasteiger partial charge in [-0.05, 0) is 20.9 Å². The highest BCUT2D eigenvalue weighted by atomic mass is 16.4. The molecule has 4 atom stereocenters. The third kappa shape index (κ3) is 10.3. The molecule has 0 aliphatic rings. The Morgan fingerprint density at radius 3 is 1.71 bits per heavy atom. The Bertz CT molecular complexity index is 197. The van der Waals surface area contributed by atoms with E-state index in [0.29, 0.717) is 0 Å². The number of Topliss-reactive ketones (excluding diaryl/α,β-unsaturated/α-hetero) is 1. The third-order valence-corrected chi connectivity index (χ3v) is 1.74. The molecule has 0 heterocycles. The average molecular weight is 253 g/mol. The Morgan fingerprint density at radius 2 is 1.41 bits per heavy atom. The monoisotopic (exact) mass is 253 g/mol. The second kappa shape index (κ2) is 10.6. The van der Waals surface area contributed by atoms with E-state index in [2.05, 4.69) is 5.32 Å². The lowest BCUT2D eigenvalue weighted by Gasteiger charge is -2.25. The molecular formula is C10H23NO6. The van der Waals surface area contributed by atoms with Crippen molar-refractivity contribution in [3.05, 3.63) is 0 Å². The minimum atomic E-state index is -1.55. The number of rotatable bonds is 6. The normalized spacial score (nSPS) is 17.4. The van der Waals surface area contributed by atoms with Crippen molar-refractivity contribution in [3.8, 4) is 0 Å². The molecule has 0 radical (unpaired) electrons. The fourth-order valence-electron chi connectivity index (χ4n) is 0.893. The first-order valence-electron chi connectivity index (χ1n) is 5.22. The van der Waals surface area contributed by atoms with Crippen LogP contribution >= 0.6 is 0 Å². The molecule has 6 N–H and O–H groups in total. The quantitative estimate of drug-likeness (QED) is 0.302. The van der Waals surface area contributed by atoms with Gasteiger partial charge in [0.25, 0.3) is 0 Å². The van der Waals surface area contributed by atoms with Crippen molar-refractivity contribution in [3.63, 3.8) is 0 Å². The van der Waals surface area contributed by atoms with E-state index in [9.17, 15) is 9.90 Å². The van der Waals surface area contributed by atoms with E-state index in [1.807, 2.05) is 0 Å². The first-order valence-corrected chi connectivity index (χ1v) is 5.22. The predicted molar refractivity (Wildman–Crippen MR) is 61.4 cm³/mol. The van der Waals surface area contributed by atoms with Crippen molar-refractivity contribution >= 4 is 5.78 Å². The molecule has 7 nitrogen and oxygen atoms in total. The summed E-state index contributed by atoms with van der Waals surface area (Å²) in [5.74, 6) is 0.167. The molecule has 0 amide bonds. The summed E-state index contributed by atoms with van der Waals surface area (Å²) in [6.45, 7) is 2.49. The van der Waals surface area contributed by atoms with Crippen LogP contribution in [0.3, 0.4) is 0 Å². The first kappa shape index (κ1) is 18.8. The second-order valence-corrected chi connectivity index (χ2v) is 3.76. The molecule has 17 heavy (non-hydrogen) atoms. The lowest BCUT2D eigenvalue weighted by atomic mass is 10.0. The Balaban J connectivity index is 0. The van der Waals surface area contributed by atoms with Crippen LogP contribution in [0.4, 0.5) is 0 Å².